The number of benzene rings is 16. The molecule has 0 saturated heterocycles. The van der Waals surface area contributed by atoms with Crippen LogP contribution in [0.5, 0.6) is 0 Å². The van der Waals surface area contributed by atoms with E-state index in [0.29, 0.717) is 0 Å². The monoisotopic (exact) mass is 1460 g/mol. The van der Waals surface area contributed by atoms with Crippen LogP contribution in [0.15, 0.2) is 364 Å². The molecule has 114 heavy (non-hydrogen) atoms. The van der Waals surface area contributed by atoms with Crippen LogP contribution in [0.25, 0.3) is 111 Å². The van der Waals surface area contributed by atoms with Crippen molar-refractivity contribution in [3.8, 4) is 67.0 Å². The van der Waals surface area contributed by atoms with Crippen molar-refractivity contribution in [2.75, 3.05) is 9.80 Å². The van der Waals surface area contributed by atoms with Gasteiger partial charge in [0.2, 0.25) is 0 Å². The van der Waals surface area contributed by atoms with E-state index in [1.165, 1.54) is 110 Å². The molecule has 0 unspecified atom stereocenters. The summed E-state index contributed by atoms with van der Waals surface area (Å²) >= 11 is 0. The Hall–Kier alpha value is -13.2. The summed E-state index contributed by atoms with van der Waals surface area (Å²) in [6.07, 6.45) is 0. The largest absolute Gasteiger partial charge is 0.310 e. The van der Waals surface area contributed by atoms with Gasteiger partial charge in [0.25, 0.3) is 6.71 Å². The van der Waals surface area contributed by atoms with E-state index in [0.717, 1.165) is 89.9 Å². The fraction of sp³-hybridized carbons (Fsp3) is 0.119. The van der Waals surface area contributed by atoms with E-state index >= 15 is 0 Å². The molecular formula is C109H87BN4. The molecule has 0 atom stereocenters. The number of rotatable bonds is 10. The third-order valence-electron chi connectivity index (χ3n) is 25.0. The van der Waals surface area contributed by atoms with Crippen LogP contribution in [-0.4, -0.2) is 15.8 Å². The van der Waals surface area contributed by atoms with Gasteiger partial charge in [0.05, 0.1) is 38.9 Å². The smallest absolute Gasteiger partial charge is 0.252 e. The molecule has 0 amide bonds. The number of para-hydroxylation sites is 3. The molecule has 16 aromatic carbocycles. The number of aromatic nitrogens is 2. The van der Waals surface area contributed by atoms with Crippen molar-refractivity contribution in [1.29, 1.82) is 0 Å². The quantitative estimate of drug-likeness (QED) is 0.127. The summed E-state index contributed by atoms with van der Waals surface area (Å²) < 4.78 is 5.11. The van der Waals surface area contributed by atoms with Crippen LogP contribution in [0.3, 0.4) is 0 Å². The summed E-state index contributed by atoms with van der Waals surface area (Å²) in [5.41, 5.74) is 36.5. The van der Waals surface area contributed by atoms with Crippen LogP contribution >= 0.6 is 0 Å². The fourth-order valence-electron chi connectivity index (χ4n) is 19.6. The first-order valence-electron chi connectivity index (χ1n) is 40.4. The summed E-state index contributed by atoms with van der Waals surface area (Å²) in [6, 6.07) is 139. The van der Waals surface area contributed by atoms with Crippen molar-refractivity contribution >= 4 is 101 Å². The van der Waals surface area contributed by atoms with Crippen molar-refractivity contribution in [2.24, 2.45) is 0 Å². The van der Waals surface area contributed by atoms with Crippen LogP contribution in [0, 0.1) is 0 Å². The maximum Gasteiger partial charge on any atom is 0.252 e. The van der Waals surface area contributed by atoms with E-state index in [2.05, 4.69) is 445 Å². The number of hydrogen-bond acceptors (Lipinski definition) is 2. The maximum absolute atomic E-state index is 2.76. The lowest BCUT2D eigenvalue weighted by molar-refractivity contribution is 0.590. The molecule has 0 bridgehead atoms. The van der Waals surface area contributed by atoms with Gasteiger partial charge in [-0.2, -0.15) is 0 Å². The highest BCUT2D eigenvalue weighted by Gasteiger charge is 2.50. The van der Waals surface area contributed by atoms with Crippen molar-refractivity contribution in [2.45, 2.75) is 84.0 Å². The van der Waals surface area contributed by atoms with Crippen LogP contribution < -0.4 is 26.2 Å². The Morgan fingerprint density at radius 3 is 1.02 bits per heavy atom. The second kappa shape index (κ2) is 25.9. The Bertz CT molecular complexity index is 6680. The molecule has 4 nitrogen and oxygen atoms in total. The first-order chi connectivity index (χ1) is 55.5. The van der Waals surface area contributed by atoms with Gasteiger partial charge in [-0.15, -0.1) is 0 Å². The van der Waals surface area contributed by atoms with Gasteiger partial charge in [-0.05, 0) is 190 Å². The average molecular weight is 1460 g/mol. The van der Waals surface area contributed by atoms with Gasteiger partial charge in [0, 0.05) is 77.9 Å². The topological polar surface area (TPSA) is 16.3 Å². The van der Waals surface area contributed by atoms with E-state index in [4.69, 9.17) is 0 Å². The van der Waals surface area contributed by atoms with E-state index in [-0.39, 0.29) is 23.0 Å². The molecule has 0 spiro atoms. The zero-order valence-corrected chi connectivity index (χ0v) is 66.0. The third kappa shape index (κ3) is 10.5. The number of nitrogens with zero attached hydrogens (tertiary/aromatic N) is 4. The number of fused-ring (bicyclic) bond motifs is 14. The molecule has 546 valence electrons. The minimum atomic E-state index is -0.648. The second-order valence-electron chi connectivity index (χ2n) is 34.7. The lowest BCUT2D eigenvalue weighted by atomic mass is 9.33. The van der Waals surface area contributed by atoms with Gasteiger partial charge in [0.1, 0.15) is 0 Å². The Balaban J connectivity index is 0.932. The summed E-state index contributed by atoms with van der Waals surface area (Å²) in [5.74, 6) is 0. The average Bonchev–Trinajstić information content (AvgIpc) is 0.724. The summed E-state index contributed by atoms with van der Waals surface area (Å²) in [4.78, 5) is 5.50. The molecule has 2 aliphatic heterocycles. The van der Waals surface area contributed by atoms with Gasteiger partial charge in [-0.1, -0.05) is 341 Å². The molecule has 21 rings (SSSR count). The van der Waals surface area contributed by atoms with Gasteiger partial charge < -0.3 is 18.9 Å². The normalized spacial score (nSPS) is 13.5. The fourth-order valence-corrected chi connectivity index (χ4v) is 19.6. The van der Waals surface area contributed by atoms with E-state index < -0.39 is 5.41 Å². The third-order valence-corrected chi connectivity index (χ3v) is 25.0. The lowest BCUT2D eigenvalue weighted by Gasteiger charge is -2.47. The van der Waals surface area contributed by atoms with Crippen molar-refractivity contribution in [1.82, 2.24) is 9.13 Å². The summed E-state index contributed by atoms with van der Waals surface area (Å²) in [5, 5.41) is 4.92. The summed E-state index contributed by atoms with van der Waals surface area (Å²) in [6.45, 7) is 21.1. The molecule has 0 fully saturated rings. The highest BCUT2D eigenvalue weighted by atomic mass is 15.2. The molecule has 18 aromatic rings. The molecule has 5 heteroatoms. The van der Waals surface area contributed by atoms with E-state index in [9.17, 15) is 0 Å². The Labute approximate surface area is 669 Å². The number of anilines is 6. The molecule has 0 radical (unpaired) electrons. The molecule has 3 aliphatic rings. The van der Waals surface area contributed by atoms with Crippen LogP contribution in [0.4, 0.5) is 34.1 Å². The molecule has 0 saturated carbocycles. The Morgan fingerprint density at radius 2 is 0.605 bits per heavy atom. The van der Waals surface area contributed by atoms with E-state index in [1.54, 1.807) is 0 Å². The predicted molar refractivity (Wildman–Crippen MR) is 484 cm³/mol. The summed E-state index contributed by atoms with van der Waals surface area (Å²) in [7, 11) is 0. The molecule has 0 N–H and O–H groups in total. The number of hydrogen-bond donors (Lipinski definition) is 0. The van der Waals surface area contributed by atoms with Crippen LogP contribution in [-0.2, 0) is 21.7 Å². The molecule has 2 aromatic heterocycles. The minimum absolute atomic E-state index is 0.204. The SMILES string of the molecule is CC(C)(C)c1cc(-c2ccccc2)c(N2c3cc(-n4c5ccccc5c5ccccc54)ccc3B3c4ccc(-n5c6ccccc6c6c7c(ccc65)-c5ccccc5C7(c5ccccc5)c5ccccc5)cc4N(c4c(-c5ccccc5)cc(C(C)(C)C)cc4-c4ccccc4)c4cc(C(C)(C)C)cc2c43)c(-c2ccccc2)c1. The lowest BCUT2D eigenvalue weighted by Crippen LogP contribution is -2.61. The second-order valence-corrected chi connectivity index (χ2v) is 34.7. The van der Waals surface area contributed by atoms with Crippen LogP contribution in [0.2, 0.25) is 0 Å². The first-order valence-corrected chi connectivity index (χ1v) is 40.4. The van der Waals surface area contributed by atoms with Crippen LogP contribution in [0.1, 0.15) is 101 Å². The van der Waals surface area contributed by atoms with E-state index in [1.807, 2.05) is 0 Å². The van der Waals surface area contributed by atoms with Crippen molar-refractivity contribution in [3.63, 3.8) is 0 Å². The highest BCUT2D eigenvalue weighted by molar-refractivity contribution is 7.00. The van der Waals surface area contributed by atoms with Gasteiger partial charge in [0.15, 0.2) is 0 Å². The van der Waals surface area contributed by atoms with Gasteiger partial charge in [-0.25, -0.2) is 0 Å². The minimum Gasteiger partial charge on any atom is -0.310 e. The predicted octanol–water partition coefficient (Wildman–Crippen LogP) is 26.9. The molecule has 4 heterocycles. The standard InChI is InChI=1S/C109H87BN4/c1-106(2,3)76-62-86(70-36-16-10-17-37-70)104(87(63-76)71-38-18-11-19-39-71)113-97-68-79(111-93-53-33-29-49-82(93)83-50-30-34-54-94(83)111)56-59-91(97)110-92-60-57-80(112-95-55-35-31-51-85(95)101-96(112)61-58-84-81-48-28-32-52-90(81)109(102(84)101,74-44-24-14-25-45-74)75-46-26-15-27-47-75)69-98(92)114(100-67-78(108(7,8)9)66-99(113)103(100)110)105-88(72-40-20-12-21-41-72)64-77(107(4,5)6)65-89(105)73-42-22-13-23-43-73/h10-69H,1-9H3. The molecule has 1 aliphatic carbocycles. The highest BCUT2D eigenvalue weighted by Crippen LogP contribution is 2.61. The van der Waals surface area contributed by atoms with Crippen molar-refractivity contribution in [3.05, 3.63) is 403 Å². The zero-order valence-electron chi connectivity index (χ0n) is 66.0. The van der Waals surface area contributed by atoms with Gasteiger partial charge >= 0.3 is 0 Å². The molecular weight excluding hydrogens is 1380 g/mol. The zero-order chi connectivity index (χ0) is 77.1. The Kier molecular flexibility index (Phi) is 15.6. The maximum atomic E-state index is 2.76. The van der Waals surface area contributed by atoms with Gasteiger partial charge in [-0.3, -0.25) is 0 Å². The first kappa shape index (κ1) is 68.8. The Morgan fingerprint density at radius 1 is 0.263 bits per heavy atom. The van der Waals surface area contributed by atoms with Crippen molar-refractivity contribution < 1.29 is 0 Å².